The Morgan fingerprint density at radius 2 is 2.25 bits per heavy atom. The van der Waals surface area contributed by atoms with Crippen molar-refractivity contribution in [2.45, 2.75) is 13.8 Å². The number of nitrogens with two attached hydrogens (primary N) is 1. The van der Waals surface area contributed by atoms with Crippen LogP contribution in [0.4, 0.5) is 0 Å². The number of nitrogens with zero attached hydrogens (tertiary/aromatic N) is 1. The molecule has 1 unspecified atom stereocenters. The van der Waals surface area contributed by atoms with Crippen LogP contribution in [0.2, 0.25) is 0 Å². The van der Waals surface area contributed by atoms with Crippen LogP contribution in [0.1, 0.15) is 13.8 Å². The average Bonchev–Trinajstić information content (AvgIpc) is 2.10. The third-order valence-corrected chi connectivity index (χ3v) is 1.49. The van der Waals surface area contributed by atoms with E-state index in [1.54, 1.807) is 6.08 Å². The van der Waals surface area contributed by atoms with Crippen molar-refractivity contribution < 1.29 is 0 Å². The van der Waals surface area contributed by atoms with Gasteiger partial charge in [0, 0.05) is 5.92 Å². The molecule has 0 aliphatic carbocycles. The van der Waals surface area contributed by atoms with Crippen molar-refractivity contribution >= 4 is 5.71 Å². The molecule has 0 saturated carbocycles. The molecule has 0 aromatic heterocycles. The van der Waals surface area contributed by atoms with Crippen LogP contribution < -0.4 is 5.84 Å². The lowest BCUT2D eigenvalue weighted by Gasteiger charge is -2.03. The van der Waals surface area contributed by atoms with Gasteiger partial charge in [0.15, 0.2) is 0 Å². The molecule has 1 atom stereocenters. The SMILES string of the molecule is C=C/C=C\C(C)C(/C=C\C)=N/N. The Bertz CT molecular complexity index is 212. The first kappa shape index (κ1) is 10.7. The van der Waals surface area contributed by atoms with Gasteiger partial charge in [-0.05, 0) is 13.0 Å². The molecule has 0 spiro atoms. The highest BCUT2D eigenvalue weighted by Crippen LogP contribution is 2.02. The summed E-state index contributed by atoms with van der Waals surface area (Å²) >= 11 is 0. The molecule has 2 heteroatoms. The Balaban J connectivity index is 4.32. The molecular formula is C10H16N2. The van der Waals surface area contributed by atoms with Gasteiger partial charge in [0.05, 0.1) is 5.71 Å². The van der Waals surface area contributed by atoms with E-state index in [-0.39, 0.29) is 5.92 Å². The van der Waals surface area contributed by atoms with E-state index in [9.17, 15) is 0 Å². The second-order valence-electron chi connectivity index (χ2n) is 2.46. The highest BCUT2D eigenvalue weighted by molar-refractivity contribution is 5.97. The molecule has 0 fully saturated rings. The van der Waals surface area contributed by atoms with Gasteiger partial charge < -0.3 is 5.84 Å². The fourth-order valence-corrected chi connectivity index (χ4v) is 0.827. The maximum absolute atomic E-state index is 5.21. The summed E-state index contributed by atoms with van der Waals surface area (Å²) in [5.41, 5.74) is 0.871. The van der Waals surface area contributed by atoms with Crippen molar-refractivity contribution in [1.82, 2.24) is 0 Å². The maximum atomic E-state index is 5.21. The van der Waals surface area contributed by atoms with Gasteiger partial charge in [-0.1, -0.05) is 37.8 Å². The third kappa shape index (κ3) is 3.76. The number of hydrazone groups is 1. The largest absolute Gasteiger partial charge is 0.323 e. The molecule has 2 N–H and O–H groups in total. The van der Waals surface area contributed by atoms with E-state index >= 15 is 0 Å². The van der Waals surface area contributed by atoms with Gasteiger partial charge in [-0.3, -0.25) is 0 Å². The molecule has 0 heterocycles. The quantitative estimate of drug-likeness (QED) is 0.294. The minimum Gasteiger partial charge on any atom is -0.323 e. The van der Waals surface area contributed by atoms with Gasteiger partial charge in [0.1, 0.15) is 0 Å². The summed E-state index contributed by atoms with van der Waals surface area (Å²) in [6.45, 7) is 7.56. The molecule has 0 bridgehead atoms. The molecule has 0 rings (SSSR count). The van der Waals surface area contributed by atoms with Crippen LogP contribution in [0.25, 0.3) is 0 Å². The Hall–Kier alpha value is -1.31. The molecule has 0 radical (unpaired) electrons. The van der Waals surface area contributed by atoms with E-state index in [1.807, 2.05) is 38.2 Å². The van der Waals surface area contributed by atoms with Crippen LogP contribution in [0.5, 0.6) is 0 Å². The number of rotatable bonds is 4. The predicted molar refractivity (Wildman–Crippen MR) is 54.9 cm³/mol. The van der Waals surface area contributed by atoms with Gasteiger partial charge in [0.25, 0.3) is 0 Å². The average molecular weight is 164 g/mol. The molecule has 0 aromatic rings. The molecular weight excluding hydrogens is 148 g/mol. The summed E-state index contributed by atoms with van der Waals surface area (Å²) in [4.78, 5) is 0. The van der Waals surface area contributed by atoms with Crippen LogP contribution in [-0.4, -0.2) is 5.71 Å². The van der Waals surface area contributed by atoms with Crippen molar-refractivity contribution in [2.24, 2.45) is 16.9 Å². The first-order valence-electron chi connectivity index (χ1n) is 3.96. The standard InChI is InChI=1S/C10H16N2/c1-4-6-8-9(3)10(12-11)7-5-2/h4-9H,1,11H2,2-3H3/b7-5-,8-6-,12-10+. The smallest absolute Gasteiger partial charge is 0.0663 e. The Kier molecular flexibility index (Phi) is 5.70. The maximum Gasteiger partial charge on any atom is 0.0663 e. The third-order valence-electron chi connectivity index (χ3n) is 1.49. The van der Waals surface area contributed by atoms with E-state index in [0.29, 0.717) is 0 Å². The van der Waals surface area contributed by atoms with Crippen LogP contribution in [0.3, 0.4) is 0 Å². The van der Waals surface area contributed by atoms with Crippen LogP contribution >= 0.6 is 0 Å². The molecule has 0 aliphatic heterocycles. The van der Waals surface area contributed by atoms with Crippen molar-refractivity contribution in [2.75, 3.05) is 0 Å². The zero-order chi connectivity index (χ0) is 9.40. The van der Waals surface area contributed by atoms with E-state index in [2.05, 4.69) is 11.7 Å². The van der Waals surface area contributed by atoms with Crippen LogP contribution in [0.15, 0.2) is 42.1 Å². The summed E-state index contributed by atoms with van der Waals surface area (Å²) in [5.74, 6) is 5.45. The summed E-state index contributed by atoms with van der Waals surface area (Å²) in [5, 5.41) is 3.67. The molecule has 0 aromatic carbocycles. The van der Waals surface area contributed by atoms with Crippen molar-refractivity contribution in [3.05, 3.63) is 37.0 Å². The lowest BCUT2D eigenvalue weighted by Crippen LogP contribution is -2.07. The second-order valence-corrected chi connectivity index (χ2v) is 2.46. The zero-order valence-corrected chi connectivity index (χ0v) is 7.70. The number of hydrogen-bond acceptors (Lipinski definition) is 2. The molecule has 66 valence electrons. The summed E-state index contributed by atoms with van der Waals surface area (Å²) in [7, 11) is 0. The highest BCUT2D eigenvalue weighted by atomic mass is 15.1. The van der Waals surface area contributed by atoms with Crippen molar-refractivity contribution in [3.63, 3.8) is 0 Å². The fraction of sp³-hybridized carbons (Fsp3) is 0.300. The lowest BCUT2D eigenvalue weighted by atomic mass is 10.0. The van der Waals surface area contributed by atoms with Crippen molar-refractivity contribution in [3.8, 4) is 0 Å². The fourth-order valence-electron chi connectivity index (χ4n) is 0.827. The van der Waals surface area contributed by atoms with Gasteiger partial charge in [-0.2, -0.15) is 5.10 Å². The monoisotopic (exact) mass is 164 g/mol. The van der Waals surface area contributed by atoms with Crippen LogP contribution in [-0.2, 0) is 0 Å². The minimum atomic E-state index is 0.240. The molecule has 2 nitrogen and oxygen atoms in total. The predicted octanol–water partition coefficient (Wildman–Crippen LogP) is 2.26. The second kappa shape index (κ2) is 6.40. The molecule has 12 heavy (non-hydrogen) atoms. The minimum absolute atomic E-state index is 0.240. The normalized spacial score (nSPS) is 15.7. The first-order valence-corrected chi connectivity index (χ1v) is 3.96. The summed E-state index contributed by atoms with van der Waals surface area (Å²) in [6, 6.07) is 0. The van der Waals surface area contributed by atoms with E-state index in [4.69, 9.17) is 5.84 Å². The Labute approximate surface area is 74.2 Å². The zero-order valence-electron chi connectivity index (χ0n) is 7.70. The van der Waals surface area contributed by atoms with Gasteiger partial charge in [-0.25, -0.2) is 0 Å². The molecule has 0 amide bonds. The highest BCUT2D eigenvalue weighted by Gasteiger charge is 2.01. The van der Waals surface area contributed by atoms with Gasteiger partial charge in [0.2, 0.25) is 0 Å². The first-order chi connectivity index (χ1) is 5.76. The van der Waals surface area contributed by atoms with Crippen molar-refractivity contribution in [1.29, 1.82) is 0 Å². The summed E-state index contributed by atoms with van der Waals surface area (Å²) < 4.78 is 0. The Morgan fingerprint density at radius 1 is 1.58 bits per heavy atom. The van der Waals surface area contributed by atoms with Gasteiger partial charge in [-0.15, -0.1) is 0 Å². The topological polar surface area (TPSA) is 38.4 Å². The molecule has 0 aliphatic rings. The number of allylic oxidation sites excluding steroid dienone is 5. The lowest BCUT2D eigenvalue weighted by molar-refractivity contribution is 0.985. The summed E-state index contributed by atoms with van der Waals surface area (Å²) in [6.07, 6.45) is 9.44. The van der Waals surface area contributed by atoms with Crippen LogP contribution in [0, 0.1) is 5.92 Å². The van der Waals surface area contributed by atoms with E-state index < -0.39 is 0 Å². The Morgan fingerprint density at radius 3 is 2.67 bits per heavy atom. The van der Waals surface area contributed by atoms with E-state index in [0.717, 1.165) is 5.71 Å². The van der Waals surface area contributed by atoms with E-state index in [1.165, 1.54) is 0 Å². The number of hydrogen-bond donors (Lipinski definition) is 1. The molecule has 0 saturated heterocycles. The van der Waals surface area contributed by atoms with Gasteiger partial charge >= 0.3 is 0 Å².